The van der Waals surface area contributed by atoms with Gasteiger partial charge in [0, 0.05) is 5.71 Å². The van der Waals surface area contributed by atoms with Crippen LogP contribution in [-0.4, -0.2) is 11.8 Å². The van der Waals surface area contributed by atoms with Gasteiger partial charge < -0.3 is 0 Å². The van der Waals surface area contributed by atoms with Crippen LogP contribution in [0.25, 0.3) is 0 Å². The molecule has 0 aromatic rings. The summed E-state index contributed by atoms with van der Waals surface area (Å²) in [6.45, 7) is 11.3. The zero-order valence-corrected chi connectivity index (χ0v) is 10.2. The smallest absolute Gasteiger partial charge is 0.0682 e. The Morgan fingerprint density at radius 2 is 1.86 bits per heavy atom. The molecule has 2 unspecified atom stereocenters. The SMILES string of the molecule is CCC1=NC(C)C(CC)=C(C)CC1C. The van der Waals surface area contributed by atoms with Crippen molar-refractivity contribution in [2.24, 2.45) is 10.9 Å². The Hall–Kier alpha value is -0.590. The highest BCUT2D eigenvalue weighted by Gasteiger charge is 2.19. The third-order valence-corrected chi connectivity index (χ3v) is 3.34. The van der Waals surface area contributed by atoms with Gasteiger partial charge in [0.25, 0.3) is 0 Å². The fourth-order valence-corrected chi connectivity index (χ4v) is 2.56. The molecule has 0 fully saturated rings. The molecule has 0 bridgehead atoms. The van der Waals surface area contributed by atoms with Gasteiger partial charge in [-0.15, -0.1) is 0 Å². The van der Waals surface area contributed by atoms with Crippen LogP contribution in [0.5, 0.6) is 0 Å². The van der Waals surface area contributed by atoms with E-state index in [1.54, 1.807) is 11.1 Å². The number of nitrogens with zero attached hydrogens (tertiary/aromatic N) is 1. The maximum Gasteiger partial charge on any atom is 0.0682 e. The topological polar surface area (TPSA) is 12.4 Å². The lowest BCUT2D eigenvalue weighted by Gasteiger charge is -2.11. The monoisotopic (exact) mass is 193 g/mol. The van der Waals surface area contributed by atoms with E-state index >= 15 is 0 Å². The standard InChI is InChI=1S/C13H23N/c1-6-12-9(3)8-10(4)13(7-2)14-11(12)5/h10-11H,6-8H2,1-5H3. The molecule has 0 saturated heterocycles. The van der Waals surface area contributed by atoms with Crippen molar-refractivity contribution in [3.8, 4) is 0 Å². The maximum absolute atomic E-state index is 4.84. The second-order valence-electron chi connectivity index (χ2n) is 4.41. The van der Waals surface area contributed by atoms with Crippen LogP contribution in [0.1, 0.15) is 53.9 Å². The second kappa shape index (κ2) is 4.77. The summed E-state index contributed by atoms with van der Waals surface area (Å²) < 4.78 is 0. The zero-order valence-electron chi connectivity index (χ0n) is 10.2. The predicted octanol–water partition coefficient (Wildman–Crippen LogP) is 3.99. The summed E-state index contributed by atoms with van der Waals surface area (Å²) in [6, 6.07) is 0.417. The summed E-state index contributed by atoms with van der Waals surface area (Å²) in [5.74, 6) is 0.645. The third-order valence-electron chi connectivity index (χ3n) is 3.34. The first-order valence-corrected chi connectivity index (χ1v) is 5.85. The molecule has 1 aliphatic heterocycles. The van der Waals surface area contributed by atoms with Gasteiger partial charge >= 0.3 is 0 Å². The molecular weight excluding hydrogens is 170 g/mol. The minimum atomic E-state index is 0.417. The van der Waals surface area contributed by atoms with Gasteiger partial charge in [-0.05, 0) is 44.6 Å². The Labute approximate surface area is 88.3 Å². The summed E-state index contributed by atoms with van der Waals surface area (Å²) in [5, 5.41) is 0. The van der Waals surface area contributed by atoms with E-state index < -0.39 is 0 Å². The van der Waals surface area contributed by atoms with Crippen molar-refractivity contribution in [2.75, 3.05) is 0 Å². The fraction of sp³-hybridized carbons (Fsp3) is 0.769. The molecule has 80 valence electrons. The highest BCUT2D eigenvalue weighted by atomic mass is 14.8. The minimum absolute atomic E-state index is 0.417. The summed E-state index contributed by atoms with van der Waals surface area (Å²) in [7, 11) is 0. The summed E-state index contributed by atoms with van der Waals surface area (Å²) >= 11 is 0. The number of rotatable bonds is 2. The van der Waals surface area contributed by atoms with Crippen LogP contribution < -0.4 is 0 Å². The van der Waals surface area contributed by atoms with E-state index in [-0.39, 0.29) is 0 Å². The van der Waals surface area contributed by atoms with Crippen LogP contribution in [0.3, 0.4) is 0 Å². The van der Waals surface area contributed by atoms with Gasteiger partial charge in [0.05, 0.1) is 6.04 Å². The predicted molar refractivity (Wildman–Crippen MR) is 64.0 cm³/mol. The van der Waals surface area contributed by atoms with Crippen LogP contribution in [0.4, 0.5) is 0 Å². The number of hydrogen-bond acceptors (Lipinski definition) is 1. The van der Waals surface area contributed by atoms with E-state index in [2.05, 4.69) is 34.6 Å². The van der Waals surface area contributed by atoms with E-state index in [0.29, 0.717) is 12.0 Å². The van der Waals surface area contributed by atoms with E-state index in [9.17, 15) is 0 Å². The molecule has 0 N–H and O–H groups in total. The van der Waals surface area contributed by atoms with Gasteiger partial charge in [0.2, 0.25) is 0 Å². The normalized spacial score (nSPS) is 28.8. The molecule has 0 radical (unpaired) electrons. The van der Waals surface area contributed by atoms with Gasteiger partial charge in [-0.3, -0.25) is 4.99 Å². The second-order valence-corrected chi connectivity index (χ2v) is 4.41. The fourth-order valence-electron chi connectivity index (χ4n) is 2.56. The van der Waals surface area contributed by atoms with Crippen LogP contribution in [-0.2, 0) is 0 Å². The Bertz CT molecular complexity index is 260. The van der Waals surface area contributed by atoms with E-state index in [0.717, 1.165) is 12.8 Å². The van der Waals surface area contributed by atoms with E-state index in [1.165, 1.54) is 12.1 Å². The maximum atomic E-state index is 4.84. The average Bonchev–Trinajstić information content (AvgIpc) is 2.23. The van der Waals surface area contributed by atoms with Gasteiger partial charge in [-0.1, -0.05) is 26.3 Å². The summed E-state index contributed by atoms with van der Waals surface area (Å²) in [6.07, 6.45) is 3.47. The van der Waals surface area contributed by atoms with Gasteiger partial charge in [-0.25, -0.2) is 0 Å². The quantitative estimate of drug-likeness (QED) is 0.588. The van der Waals surface area contributed by atoms with Crippen LogP contribution in [0, 0.1) is 5.92 Å². The molecule has 0 spiro atoms. The first-order valence-electron chi connectivity index (χ1n) is 5.85. The highest BCUT2D eigenvalue weighted by molar-refractivity contribution is 5.87. The van der Waals surface area contributed by atoms with Crippen LogP contribution in [0.2, 0.25) is 0 Å². The molecule has 14 heavy (non-hydrogen) atoms. The van der Waals surface area contributed by atoms with Crippen molar-refractivity contribution in [3.05, 3.63) is 11.1 Å². The molecule has 1 heterocycles. The Morgan fingerprint density at radius 3 is 2.36 bits per heavy atom. The van der Waals surface area contributed by atoms with Crippen LogP contribution in [0.15, 0.2) is 16.1 Å². The molecule has 2 atom stereocenters. The van der Waals surface area contributed by atoms with Crippen molar-refractivity contribution in [3.63, 3.8) is 0 Å². The first kappa shape index (κ1) is 11.5. The molecule has 0 aromatic heterocycles. The van der Waals surface area contributed by atoms with Crippen molar-refractivity contribution < 1.29 is 0 Å². The molecule has 0 aliphatic carbocycles. The molecule has 0 aromatic carbocycles. The Kier molecular flexibility index (Phi) is 3.91. The molecule has 1 rings (SSSR count). The minimum Gasteiger partial charge on any atom is -0.286 e. The van der Waals surface area contributed by atoms with Gasteiger partial charge in [0.15, 0.2) is 0 Å². The van der Waals surface area contributed by atoms with Gasteiger partial charge in [-0.2, -0.15) is 0 Å². The lowest BCUT2D eigenvalue weighted by molar-refractivity contribution is 0.743. The summed E-state index contributed by atoms with van der Waals surface area (Å²) in [4.78, 5) is 4.84. The number of aliphatic imine (C=N–C) groups is 1. The lowest BCUT2D eigenvalue weighted by Crippen LogP contribution is -2.10. The first-order chi connectivity index (χ1) is 6.60. The van der Waals surface area contributed by atoms with E-state index in [1.807, 2.05) is 0 Å². The molecular formula is C13H23N. The van der Waals surface area contributed by atoms with Crippen LogP contribution >= 0.6 is 0 Å². The number of hydrogen-bond donors (Lipinski definition) is 0. The highest BCUT2D eigenvalue weighted by Crippen LogP contribution is 2.27. The van der Waals surface area contributed by atoms with Gasteiger partial charge in [0.1, 0.15) is 0 Å². The largest absolute Gasteiger partial charge is 0.286 e. The molecule has 1 aliphatic rings. The zero-order chi connectivity index (χ0) is 10.7. The Morgan fingerprint density at radius 1 is 1.21 bits per heavy atom. The van der Waals surface area contributed by atoms with E-state index in [4.69, 9.17) is 4.99 Å². The molecule has 1 heteroatoms. The summed E-state index contributed by atoms with van der Waals surface area (Å²) in [5.41, 5.74) is 4.53. The van der Waals surface area contributed by atoms with Crippen molar-refractivity contribution in [1.29, 1.82) is 0 Å². The number of allylic oxidation sites excluding steroid dienone is 1. The average molecular weight is 193 g/mol. The molecule has 1 nitrogen and oxygen atoms in total. The van der Waals surface area contributed by atoms with Crippen molar-refractivity contribution in [2.45, 2.75) is 59.9 Å². The van der Waals surface area contributed by atoms with Crippen molar-refractivity contribution >= 4 is 5.71 Å². The third kappa shape index (κ3) is 2.26. The Balaban J connectivity index is 2.99. The lowest BCUT2D eigenvalue weighted by atomic mass is 9.93. The van der Waals surface area contributed by atoms with Crippen molar-refractivity contribution in [1.82, 2.24) is 0 Å². The molecule has 0 saturated carbocycles. The molecule has 0 amide bonds.